The van der Waals surface area contributed by atoms with Crippen LogP contribution in [0.1, 0.15) is 18.1 Å². The number of guanidine groups is 1. The molecule has 0 atom stereocenters. The summed E-state index contributed by atoms with van der Waals surface area (Å²) in [6.45, 7) is 4.14. The summed E-state index contributed by atoms with van der Waals surface area (Å²) in [6, 6.07) is 13.3. The van der Waals surface area contributed by atoms with E-state index in [1.165, 1.54) is 0 Å². The molecule has 6 nitrogen and oxygen atoms in total. The second-order valence-corrected chi connectivity index (χ2v) is 5.73. The van der Waals surface area contributed by atoms with Crippen LogP contribution in [0.25, 0.3) is 0 Å². The fraction of sp³-hybridized carbons (Fsp3) is 0.350. The average molecular weight is 485 g/mol. The third-order valence-corrected chi connectivity index (χ3v) is 3.87. The molecular weight excluding hydrogens is 457 g/mol. The van der Waals surface area contributed by atoms with Crippen molar-refractivity contribution in [1.82, 2.24) is 10.6 Å². The van der Waals surface area contributed by atoms with Gasteiger partial charge in [0.15, 0.2) is 17.5 Å². The van der Waals surface area contributed by atoms with Gasteiger partial charge in [-0.05, 0) is 48.7 Å². The van der Waals surface area contributed by atoms with Crippen LogP contribution >= 0.6 is 24.0 Å². The highest BCUT2D eigenvalue weighted by Crippen LogP contribution is 2.26. The van der Waals surface area contributed by atoms with E-state index in [2.05, 4.69) is 15.6 Å². The highest BCUT2D eigenvalue weighted by Gasteiger charge is 2.03. The van der Waals surface area contributed by atoms with E-state index in [0.717, 1.165) is 42.3 Å². The Morgan fingerprint density at radius 2 is 1.70 bits per heavy atom. The molecule has 0 aliphatic carbocycles. The zero-order valence-corrected chi connectivity index (χ0v) is 18.3. The van der Waals surface area contributed by atoms with Crippen molar-refractivity contribution in [2.75, 3.05) is 27.3 Å². The number of rotatable bonds is 8. The van der Waals surface area contributed by atoms with Gasteiger partial charge < -0.3 is 25.2 Å². The van der Waals surface area contributed by atoms with Crippen molar-refractivity contribution in [3.8, 4) is 17.2 Å². The predicted molar refractivity (Wildman–Crippen MR) is 120 cm³/mol. The van der Waals surface area contributed by atoms with E-state index in [9.17, 15) is 5.11 Å². The first kappa shape index (κ1) is 22.9. The molecule has 0 heterocycles. The van der Waals surface area contributed by atoms with Gasteiger partial charge in [-0.15, -0.1) is 24.0 Å². The standard InChI is InChI=1S/C20H27N3O3.HI/c1-4-21-20(23-14-16-5-8-17(25-2)9-6-16)22-12-11-15-7-10-18(24)19(13-15)26-3;/h5-10,13,24H,4,11-12,14H2,1-3H3,(H2,21,22,23);1H. The minimum atomic E-state index is 0. The predicted octanol–water partition coefficient (Wildman–Crippen LogP) is 3.33. The van der Waals surface area contributed by atoms with E-state index >= 15 is 0 Å². The zero-order chi connectivity index (χ0) is 18.8. The van der Waals surface area contributed by atoms with Crippen LogP contribution in [0.15, 0.2) is 47.5 Å². The lowest BCUT2D eigenvalue weighted by Gasteiger charge is -2.12. The Balaban J connectivity index is 0.00000364. The Morgan fingerprint density at radius 1 is 1.00 bits per heavy atom. The lowest BCUT2D eigenvalue weighted by Crippen LogP contribution is -2.38. The fourth-order valence-electron chi connectivity index (χ4n) is 2.45. The largest absolute Gasteiger partial charge is 0.504 e. The molecule has 148 valence electrons. The first-order valence-corrected chi connectivity index (χ1v) is 8.67. The first-order chi connectivity index (χ1) is 12.7. The van der Waals surface area contributed by atoms with Gasteiger partial charge in [0.1, 0.15) is 5.75 Å². The molecule has 0 aromatic heterocycles. The van der Waals surface area contributed by atoms with Gasteiger partial charge in [0, 0.05) is 13.1 Å². The van der Waals surface area contributed by atoms with Crippen LogP contribution in [0.3, 0.4) is 0 Å². The third kappa shape index (κ3) is 7.54. The van der Waals surface area contributed by atoms with Crippen LogP contribution in [0, 0.1) is 0 Å². The minimum Gasteiger partial charge on any atom is -0.504 e. The van der Waals surface area contributed by atoms with Crippen LogP contribution in [-0.2, 0) is 13.0 Å². The molecule has 0 aliphatic rings. The van der Waals surface area contributed by atoms with Crippen LogP contribution in [0.2, 0.25) is 0 Å². The normalized spacial score (nSPS) is 10.7. The van der Waals surface area contributed by atoms with E-state index in [1.807, 2.05) is 43.3 Å². The molecule has 2 rings (SSSR count). The molecule has 0 spiro atoms. The van der Waals surface area contributed by atoms with Gasteiger partial charge in [-0.25, -0.2) is 4.99 Å². The highest BCUT2D eigenvalue weighted by atomic mass is 127. The highest BCUT2D eigenvalue weighted by molar-refractivity contribution is 14.0. The van der Waals surface area contributed by atoms with Gasteiger partial charge in [-0.1, -0.05) is 18.2 Å². The molecule has 2 aromatic carbocycles. The molecule has 2 aromatic rings. The fourth-order valence-corrected chi connectivity index (χ4v) is 2.45. The molecule has 0 radical (unpaired) electrons. The Morgan fingerprint density at radius 3 is 2.33 bits per heavy atom. The second kappa shape index (κ2) is 12.3. The van der Waals surface area contributed by atoms with E-state index < -0.39 is 0 Å². The van der Waals surface area contributed by atoms with Crippen molar-refractivity contribution in [3.05, 3.63) is 53.6 Å². The zero-order valence-electron chi connectivity index (χ0n) is 16.0. The molecule has 0 unspecified atom stereocenters. The number of aliphatic imine (C=N–C) groups is 1. The van der Waals surface area contributed by atoms with Crippen molar-refractivity contribution in [2.24, 2.45) is 4.99 Å². The Bertz CT molecular complexity index is 721. The maximum Gasteiger partial charge on any atom is 0.191 e. The average Bonchev–Trinajstić information content (AvgIpc) is 2.67. The second-order valence-electron chi connectivity index (χ2n) is 5.73. The smallest absolute Gasteiger partial charge is 0.191 e. The lowest BCUT2D eigenvalue weighted by atomic mass is 10.1. The Hall–Kier alpha value is -2.16. The van der Waals surface area contributed by atoms with Crippen molar-refractivity contribution < 1.29 is 14.6 Å². The van der Waals surface area contributed by atoms with Crippen molar-refractivity contribution in [1.29, 1.82) is 0 Å². The summed E-state index contributed by atoms with van der Waals surface area (Å²) in [5.41, 5.74) is 2.20. The summed E-state index contributed by atoms with van der Waals surface area (Å²) in [5.74, 6) is 2.25. The number of hydrogen-bond donors (Lipinski definition) is 3. The molecule has 0 aliphatic heterocycles. The van der Waals surface area contributed by atoms with E-state index in [1.54, 1.807) is 20.3 Å². The summed E-state index contributed by atoms with van der Waals surface area (Å²) >= 11 is 0. The van der Waals surface area contributed by atoms with Gasteiger partial charge in [-0.3, -0.25) is 0 Å². The Kier molecular flexibility index (Phi) is 10.4. The summed E-state index contributed by atoms with van der Waals surface area (Å²) in [6.07, 6.45) is 0.795. The van der Waals surface area contributed by atoms with Crippen LogP contribution < -0.4 is 20.1 Å². The SMILES string of the molecule is CCNC(=NCc1ccc(OC)cc1)NCCc1ccc(O)c(OC)c1.I. The summed E-state index contributed by atoms with van der Waals surface area (Å²) in [5, 5.41) is 16.2. The number of aromatic hydroxyl groups is 1. The Labute approximate surface area is 178 Å². The van der Waals surface area contributed by atoms with Gasteiger partial charge >= 0.3 is 0 Å². The van der Waals surface area contributed by atoms with Gasteiger partial charge in [0.25, 0.3) is 0 Å². The van der Waals surface area contributed by atoms with E-state index in [0.29, 0.717) is 12.3 Å². The van der Waals surface area contributed by atoms with E-state index in [-0.39, 0.29) is 29.7 Å². The number of ether oxygens (including phenoxy) is 2. The minimum absolute atomic E-state index is 0. The maximum atomic E-state index is 9.65. The monoisotopic (exact) mass is 485 g/mol. The van der Waals surface area contributed by atoms with Gasteiger partial charge in [0.05, 0.1) is 20.8 Å². The van der Waals surface area contributed by atoms with Gasteiger partial charge in [-0.2, -0.15) is 0 Å². The van der Waals surface area contributed by atoms with Crippen molar-refractivity contribution in [2.45, 2.75) is 19.9 Å². The first-order valence-electron chi connectivity index (χ1n) is 8.67. The number of methoxy groups -OCH3 is 2. The molecule has 7 heteroatoms. The number of phenolic OH excluding ortho intramolecular Hbond substituents is 1. The van der Waals surface area contributed by atoms with Crippen LogP contribution in [0.5, 0.6) is 17.2 Å². The molecular formula is C20H28IN3O3. The van der Waals surface area contributed by atoms with Crippen molar-refractivity contribution in [3.63, 3.8) is 0 Å². The molecule has 0 bridgehead atoms. The summed E-state index contributed by atoms with van der Waals surface area (Å²) < 4.78 is 10.3. The number of phenols is 1. The summed E-state index contributed by atoms with van der Waals surface area (Å²) in [7, 11) is 3.20. The molecule has 0 amide bonds. The number of benzene rings is 2. The molecule has 3 N–H and O–H groups in total. The number of halogens is 1. The van der Waals surface area contributed by atoms with E-state index in [4.69, 9.17) is 9.47 Å². The third-order valence-electron chi connectivity index (χ3n) is 3.87. The quantitative estimate of drug-likeness (QED) is 0.304. The van der Waals surface area contributed by atoms with Crippen LogP contribution in [0.4, 0.5) is 0 Å². The molecule has 0 saturated carbocycles. The molecule has 0 fully saturated rings. The summed E-state index contributed by atoms with van der Waals surface area (Å²) in [4.78, 5) is 4.61. The maximum absolute atomic E-state index is 9.65. The van der Waals surface area contributed by atoms with Crippen LogP contribution in [-0.4, -0.2) is 38.4 Å². The van der Waals surface area contributed by atoms with Crippen molar-refractivity contribution >= 4 is 29.9 Å². The number of nitrogens with zero attached hydrogens (tertiary/aromatic N) is 1. The molecule has 27 heavy (non-hydrogen) atoms. The number of hydrogen-bond acceptors (Lipinski definition) is 4. The number of nitrogens with one attached hydrogen (secondary N) is 2. The lowest BCUT2D eigenvalue weighted by molar-refractivity contribution is 0.373. The van der Waals surface area contributed by atoms with Gasteiger partial charge in [0.2, 0.25) is 0 Å². The molecule has 0 saturated heterocycles. The topological polar surface area (TPSA) is 75.1 Å².